The third-order valence-corrected chi connectivity index (χ3v) is 10.4. The molecule has 54 heavy (non-hydrogen) atoms. The predicted octanol–water partition coefficient (Wildman–Crippen LogP) is 8.21. The highest BCUT2D eigenvalue weighted by Crippen LogP contribution is 2.52. The van der Waals surface area contributed by atoms with Crippen LogP contribution in [0.3, 0.4) is 0 Å². The number of rotatable bonds is 17. The van der Waals surface area contributed by atoms with Crippen LogP contribution in [0.1, 0.15) is 80.8 Å². The van der Waals surface area contributed by atoms with Gasteiger partial charge in [0.15, 0.2) is 46.0 Å². The van der Waals surface area contributed by atoms with Gasteiger partial charge in [0.25, 0.3) is 0 Å². The Labute approximate surface area is 318 Å². The van der Waals surface area contributed by atoms with Crippen molar-refractivity contribution in [3.05, 3.63) is 95.1 Å². The first-order valence-corrected chi connectivity index (χ1v) is 18.2. The van der Waals surface area contributed by atoms with Gasteiger partial charge in [-0.1, -0.05) is 44.5 Å². The highest BCUT2D eigenvalue weighted by atomic mass is 16.5. The largest absolute Gasteiger partial charge is 0.493 e. The van der Waals surface area contributed by atoms with E-state index in [1.54, 1.807) is 92.9 Å². The number of benzene rings is 4. The van der Waals surface area contributed by atoms with E-state index >= 15 is 0 Å². The molecular formula is C43H54O11. The fraction of sp³-hybridized carbons (Fsp3) is 0.442. The van der Waals surface area contributed by atoms with E-state index in [2.05, 4.69) is 13.8 Å². The molecule has 4 aromatic carbocycles. The van der Waals surface area contributed by atoms with E-state index in [0.717, 1.165) is 17.5 Å². The zero-order valence-electron chi connectivity index (χ0n) is 32.8. The minimum atomic E-state index is -0.932. The monoisotopic (exact) mass is 746 g/mol. The lowest BCUT2D eigenvalue weighted by Crippen LogP contribution is -2.22. The first-order chi connectivity index (χ1) is 26.0. The van der Waals surface area contributed by atoms with Crippen LogP contribution in [0.25, 0.3) is 0 Å². The van der Waals surface area contributed by atoms with Gasteiger partial charge in [0, 0.05) is 0 Å². The van der Waals surface area contributed by atoms with Crippen molar-refractivity contribution in [3.63, 3.8) is 0 Å². The van der Waals surface area contributed by atoms with Crippen molar-refractivity contribution in [1.82, 2.24) is 0 Å². The maximum atomic E-state index is 11.1. The van der Waals surface area contributed by atoms with E-state index in [-0.39, 0.29) is 24.0 Å². The van der Waals surface area contributed by atoms with Gasteiger partial charge < -0.3 is 52.8 Å². The Morgan fingerprint density at radius 2 is 0.889 bits per heavy atom. The van der Waals surface area contributed by atoms with Crippen molar-refractivity contribution in [2.24, 2.45) is 11.8 Å². The average Bonchev–Trinajstić information content (AvgIpc) is 3.55. The minimum Gasteiger partial charge on any atom is -0.493 e. The van der Waals surface area contributed by atoms with Crippen molar-refractivity contribution < 1.29 is 52.8 Å². The Hall–Kier alpha value is -4.84. The summed E-state index contributed by atoms with van der Waals surface area (Å²) in [5.41, 5.74) is 3.21. The molecule has 0 saturated carbocycles. The molecule has 292 valence electrons. The van der Waals surface area contributed by atoms with Crippen LogP contribution in [0.2, 0.25) is 0 Å². The summed E-state index contributed by atoms with van der Waals surface area (Å²) in [5, 5.41) is 22.3. The SMILES string of the molecule is CCC1C(c2ccc(OC(C)C(O)c3ccc(OC)c(OC)c3)c(OC)c2)OC(c2ccc(OC(C)C(O)c3ccc(OC)c(OC)c3)c(OC)c2)C1C. The van der Waals surface area contributed by atoms with E-state index in [1.807, 2.05) is 36.4 Å². The Bertz CT molecular complexity index is 1840. The van der Waals surface area contributed by atoms with Gasteiger partial charge >= 0.3 is 0 Å². The molecular weight excluding hydrogens is 692 g/mol. The molecule has 0 bridgehead atoms. The Morgan fingerprint density at radius 3 is 1.28 bits per heavy atom. The van der Waals surface area contributed by atoms with Gasteiger partial charge in [-0.3, -0.25) is 0 Å². The third-order valence-electron chi connectivity index (χ3n) is 10.4. The molecule has 0 aliphatic carbocycles. The number of methoxy groups -OCH3 is 6. The topological polar surface area (TPSA) is 124 Å². The van der Waals surface area contributed by atoms with Crippen LogP contribution >= 0.6 is 0 Å². The van der Waals surface area contributed by atoms with E-state index < -0.39 is 24.4 Å². The standard InChI is InChI=1S/C43H54O11/c1-11-31-24(2)42(29-14-18-34(38(22-29)50-9)52-25(3)40(44)27-12-16-32(46-5)36(20-27)48-7)54-43(31)30-15-19-35(39(23-30)51-10)53-26(4)41(45)28-13-17-33(47-6)37(21-28)49-8/h12-26,31,40-45H,11H2,1-10H3. The van der Waals surface area contributed by atoms with Gasteiger partial charge in [0.2, 0.25) is 0 Å². The zero-order chi connectivity index (χ0) is 39.1. The molecule has 8 unspecified atom stereocenters. The second-order valence-electron chi connectivity index (χ2n) is 13.5. The fourth-order valence-electron chi connectivity index (χ4n) is 7.24. The summed E-state index contributed by atoms with van der Waals surface area (Å²) in [6, 6.07) is 22.2. The number of aliphatic hydroxyl groups excluding tert-OH is 2. The van der Waals surface area contributed by atoms with Gasteiger partial charge in [-0.15, -0.1) is 0 Å². The Morgan fingerprint density at radius 1 is 0.519 bits per heavy atom. The fourth-order valence-corrected chi connectivity index (χ4v) is 7.24. The molecule has 1 aliphatic rings. The molecule has 11 nitrogen and oxygen atoms in total. The molecule has 0 aromatic heterocycles. The molecule has 1 heterocycles. The molecule has 1 fully saturated rings. The Balaban J connectivity index is 1.31. The summed E-state index contributed by atoms with van der Waals surface area (Å²) >= 11 is 0. The van der Waals surface area contributed by atoms with Crippen molar-refractivity contribution >= 4 is 0 Å². The summed E-state index contributed by atoms with van der Waals surface area (Å²) in [6.45, 7) is 8.00. The Kier molecular flexibility index (Phi) is 13.4. The highest BCUT2D eigenvalue weighted by molar-refractivity contribution is 5.48. The highest BCUT2D eigenvalue weighted by Gasteiger charge is 2.42. The molecule has 0 amide bonds. The molecule has 0 spiro atoms. The lowest BCUT2D eigenvalue weighted by Gasteiger charge is -2.24. The normalized spacial score (nSPS) is 20.3. The molecule has 2 N–H and O–H groups in total. The third kappa shape index (κ3) is 8.43. The predicted molar refractivity (Wildman–Crippen MR) is 205 cm³/mol. The van der Waals surface area contributed by atoms with Crippen molar-refractivity contribution in [3.8, 4) is 46.0 Å². The average molecular weight is 747 g/mol. The summed E-state index contributed by atoms with van der Waals surface area (Å²) in [6.07, 6.45) is -2.57. The first-order valence-electron chi connectivity index (χ1n) is 18.2. The van der Waals surface area contributed by atoms with Crippen LogP contribution in [-0.2, 0) is 4.74 Å². The van der Waals surface area contributed by atoms with Crippen LogP contribution < -0.4 is 37.9 Å². The number of hydrogen-bond donors (Lipinski definition) is 2. The molecule has 4 aromatic rings. The van der Waals surface area contributed by atoms with Gasteiger partial charge in [-0.05, 0) is 96.5 Å². The van der Waals surface area contributed by atoms with Crippen LogP contribution in [-0.4, -0.2) is 65.1 Å². The van der Waals surface area contributed by atoms with Crippen LogP contribution in [0.5, 0.6) is 46.0 Å². The lowest BCUT2D eigenvalue weighted by molar-refractivity contribution is 0.0266. The smallest absolute Gasteiger partial charge is 0.161 e. The van der Waals surface area contributed by atoms with Gasteiger partial charge in [0.1, 0.15) is 24.4 Å². The van der Waals surface area contributed by atoms with E-state index in [4.69, 9.17) is 42.6 Å². The quantitative estimate of drug-likeness (QED) is 0.109. The summed E-state index contributed by atoms with van der Waals surface area (Å²) in [4.78, 5) is 0. The summed E-state index contributed by atoms with van der Waals surface area (Å²) in [7, 11) is 9.45. The molecule has 8 atom stereocenters. The number of aliphatic hydroxyl groups is 2. The minimum absolute atomic E-state index is 0.181. The molecule has 1 aliphatic heterocycles. The number of hydrogen-bond acceptors (Lipinski definition) is 11. The second-order valence-corrected chi connectivity index (χ2v) is 13.5. The van der Waals surface area contributed by atoms with Gasteiger partial charge in [-0.2, -0.15) is 0 Å². The van der Waals surface area contributed by atoms with Gasteiger partial charge in [-0.25, -0.2) is 0 Å². The lowest BCUT2D eigenvalue weighted by atomic mass is 9.82. The first kappa shape index (κ1) is 40.3. The van der Waals surface area contributed by atoms with E-state index in [0.29, 0.717) is 57.1 Å². The van der Waals surface area contributed by atoms with Crippen LogP contribution in [0, 0.1) is 11.8 Å². The van der Waals surface area contributed by atoms with E-state index in [1.165, 1.54) is 0 Å². The van der Waals surface area contributed by atoms with Crippen LogP contribution in [0.4, 0.5) is 0 Å². The molecule has 1 saturated heterocycles. The molecule has 0 radical (unpaired) electrons. The zero-order valence-corrected chi connectivity index (χ0v) is 32.8. The van der Waals surface area contributed by atoms with E-state index in [9.17, 15) is 10.2 Å². The summed E-state index contributed by atoms with van der Waals surface area (Å²) < 4.78 is 52.4. The maximum Gasteiger partial charge on any atom is 0.161 e. The maximum absolute atomic E-state index is 11.1. The van der Waals surface area contributed by atoms with Crippen molar-refractivity contribution in [1.29, 1.82) is 0 Å². The van der Waals surface area contributed by atoms with Crippen molar-refractivity contribution in [2.75, 3.05) is 42.7 Å². The van der Waals surface area contributed by atoms with Crippen LogP contribution in [0.15, 0.2) is 72.8 Å². The second kappa shape index (κ2) is 18.0. The number of ether oxygens (including phenoxy) is 9. The summed E-state index contributed by atoms with van der Waals surface area (Å²) in [5.74, 6) is 4.71. The molecule has 5 rings (SSSR count). The van der Waals surface area contributed by atoms with Gasteiger partial charge in [0.05, 0.1) is 54.9 Å². The van der Waals surface area contributed by atoms with Crippen molar-refractivity contribution in [2.45, 2.75) is 70.7 Å². The molecule has 11 heteroatoms.